The van der Waals surface area contributed by atoms with Gasteiger partial charge in [0.05, 0.1) is 37.1 Å². The Bertz CT molecular complexity index is 537. The molecule has 2 saturated carbocycles. The van der Waals surface area contributed by atoms with Crippen molar-refractivity contribution in [2.75, 3.05) is 26.9 Å². The van der Waals surface area contributed by atoms with Crippen LogP contribution in [0.2, 0.25) is 0 Å². The van der Waals surface area contributed by atoms with E-state index < -0.39 is 23.3 Å². The van der Waals surface area contributed by atoms with Crippen LogP contribution >= 0.6 is 0 Å². The Morgan fingerprint density at radius 3 is 2.25 bits per heavy atom. The minimum atomic E-state index is -0.946. The predicted molar refractivity (Wildman–Crippen MR) is 101 cm³/mol. The van der Waals surface area contributed by atoms with Crippen molar-refractivity contribution in [2.45, 2.75) is 63.8 Å². The Morgan fingerprint density at radius 1 is 1.07 bits per heavy atom. The van der Waals surface area contributed by atoms with Crippen molar-refractivity contribution < 1.29 is 34.1 Å². The predicted octanol–water partition coefficient (Wildman–Crippen LogP) is 2.06. The van der Waals surface area contributed by atoms with Crippen molar-refractivity contribution in [2.24, 2.45) is 17.3 Å². The van der Waals surface area contributed by atoms with E-state index in [0.717, 1.165) is 12.8 Å². The zero-order chi connectivity index (χ0) is 20.6. The summed E-state index contributed by atoms with van der Waals surface area (Å²) in [5, 5.41) is 21.8. The number of carbonyl (C=O) groups is 3. The fourth-order valence-electron chi connectivity index (χ4n) is 4.46. The molecule has 1 amide bonds. The molecule has 0 saturated heterocycles. The molecule has 0 unspecified atom stereocenters. The van der Waals surface area contributed by atoms with Gasteiger partial charge < -0.3 is 25.0 Å². The van der Waals surface area contributed by atoms with Gasteiger partial charge in [0, 0.05) is 13.2 Å². The monoisotopic (exact) mass is 399 g/mol. The van der Waals surface area contributed by atoms with Crippen molar-refractivity contribution in [3.8, 4) is 0 Å². The summed E-state index contributed by atoms with van der Waals surface area (Å²) in [6.45, 7) is 0.792. The number of hydrogen-bond donors (Lipinski definition) is 3. The molecule has 1 atom stereocenters. The lowest BCUT2D eigenvalue weighted by Crippen LogP contribution is -2.47. The minimum Gasteiger partial charge on any atom is -0.481 e. The van der Waals surface area contributed by atoms with Crippen molar-refractivity contribution in [3.05, 3.63) is 0 Å². The second kappa shape index (κ2) is 10.8. The summed E-state index contributed by atoms with van der Waals surface area (Å²) in [5.41, 5.74) is -0.669. The minimum absolute atomic E-state index is 0.0261. The van der Waals surface area contributed by atoms with E-state index in [9.17, 15) is 19.5 Å². The molecule has 3 N–H and O–H groups in total. The first-order valence-electron chi connectivity index (χ1n) is 10.2. The Hall–Kier alpha value is -1.67. The number of methoxy groups -OCH3 is 1. The molecule has 0 aromatic carbocycles. The topological polar surface area (TPSA) is 122 Å². The van der Waals surface area contributed by atoms with Crippen molar-refractivity contribution in [1.82, 2.24) is 5.32 Å². The number of rotatable bonds is 11. The van der Waals surface area contributed by atoms with E-state index in [0.29, 0.717) is 51.7 Å². The molecule has 2 aliphatic carbocycles. The van der Waals surface area contributed by atoms with Crippen LogP contribution in [0.3, 0.4) is 0 Å². The van der Waals surface area contributed by atoms with Gasteiger partial charge >= 0.3 is 11.9 Å². The summed E-state index contributed by atoms with van der Waals surface area (Å²) in [6, 6.07) is -0.0261. The smallest absolute Gasteiger partial charge is 0.308 e. The summed E-state index contributed by atoms with van der Waals surface area (Å²) in [6.07, 6.45) is 5.91. The molecule has 160 valence electrons. The fourth-order valence-corrected chi connectivity index (χ4v) is 4.46. The molecule has 0 aliphatic heterocycles. The van der Waals surface area contributed by atoms with Crippen LogP contribution in [0.15, 0.2) is 0 Å². The lowest BCUT2D eigenvalue weighted by molar-refractivity contribution is -0.147. The Balaban J connectivity index is 1.94. The highest BCUT2D eigenvalue weighted by Gasteiger charge is 2.45. The van der Waals surface area contributed by atoms with Gasteiger partial charge in [-0.15, -0.1) is 0 Å². The summed E-state index contributed by atoms with van der Waals surface area (Å²) in [7, 11) is 1.56. The van der Waals surface area contributed by atoms with Crippen molar-refractivity contribution in [3.63, 3.8) is 0 Å². The second-order valence-corrected chi connectivity index (χ2v) is 8.15. The molecule has 8 heteroatoms. The fraction of sp³-hybridized carbons (Fsp3) is 0.850. The Morgan fingerprint density at radius 2 is 1.71 bits per heavy atom. The first kappa shape index (κ1) is 22.6. The highest BCUT2D eigenvalue weighted by molar-refractivity contribution is 5.84. The molecule has 0 radical (unpaired) electrons. The van der Waals surface area contributed by atoms with Crippen LogP contribution in [-0.2, 0) is 23.9 Å². The summed E-state index contributed by atoms with van der Waals surface area (Å²) in [4.78, 5) is 35.9. The van der Waals surface area contributed by atoms with E-state index in [1.165, 1.54) is 0 Å². The summed E-state index contributed by atoms with van der Waals surface area (Å²) in [5.74, 6) is -2.85. The maximum atomic E-state index is 13.1. The highest BCUT2D eigenvalue weighted by atomic mass is 16.5. The van der Waals surface area contributed by atoms with Gasteiger partial charge in [-0.3, -0.25) is 14.4 Å². The molecule has 28 heavy (non-hydrogen) atoms. The van der Waals surface area contributed by atoms with E-state index in [4.69, 9.17) is 14.6 Å². The first-order chi connectivity index (χ1) is 13.4. The van der Waals surface area contributed by atoms with E-state index in [1.54, 1.807) is 7.11 Å². The van der Waals surface area contributed by atoms with Crippen LogP contribution in [0.1, 0.15) is 57.8 Å². The Labute approximate surface area is 166 Å². The van der Waals surface area contributed by atoms with Crippen LogP contribution in [0, 0.1) is 17.3 Å². The SMILES string of the molecule is COCCOC[C@H](CC1(C(=O)NC2CCC(C(=O)O)CC2)CCCC1)C(=O)O. The van der Waals surface area contributed by atoms with Gasteiger partial charge in [0.15, 0.2) is 0 Å². The van der Waals surface area contributed by atoms with Gasteiger partial charge in [0.1, 0.15) is 0 Å². The van der Waals surface area contributed by atoms with Crippen LogP contribution in [0.25, 0.3) is 0 Å². The van der Waals surface area contributed by atoms with E-state index in [1.807, 2.05) is 0 Å². The normalized spacial score (nSPS) is 25.2. The largest absolute Gasteiger partial charge is 0.481 e. The van der Waals surface area contributed by atoms with Crippen molar-refractivity contribution >= 4 is 17.8 Å². The average Bonchev–Trinajstić information content (AvgIpc) is 3.14. The molecule has 0 aromatic rings. The highest BCUT2D eigenvalue weighted by Crippen LogP contribution is 2.44. The molecule has 8 nitrogen and oxygen atoms in total. The Kier molecular flexibility index (Phi) is 8.69. The molecule has 0 bridgehead atoms. The van der Waals surface area contributed by atoms with E-state index >= 15 is 0 Å². The van der Waals surface area contributed by atoms with E-state index in [-0.39, 0.29) is 30.9 Å². The van der Waals surface area contributed by atoms with Gasteiger partial charge in [-0.1, -0.05) is 12.8 Å². The molecule has 2 fully saturated rings. The van der Waals surface area contributed by atoms with Crippen LogP contribution < -0.4 is 5.32 Å². The molecule has 0 aromatic heterocycles. The number of carbonyl (C=O) groups excluding carboxylic acids is 1. The number of carboxylic acids is 2. The number of nitrogens with one attached hydrogen (secondary N) is 1. The zero-order valence-corrected chi connectivity index (χ0v) is 16.7. The molecule has 0 heterocycles. The van der Waals surface area contributed by atoms with Crippen LogP contribution in [0.5, 0.6) is 0 Å². The van der Waals surface area contributed by atoms with E-state index in [2.05, 4.69) is 5.32 Å². The molecule has 0 spiro atoms. The summed E-state index contributed by atoms with van der Waals surface area (Å²) < 4.78 is 10.3. The average molecular weight is 399 g/mol. The third-order valence-electron chi connectivity index (χ3n) is 6.19. The van der Waals surface area contributed by atoms with Gasteiger partial charge in [0.25, 0.3) is 0 Å². The number of amides is 1. The lowest BCUT2D eigenvalue weighted by Gasteiger charge is -2.34. The molecule has 2 rings (SSSR count). The lowest BCUT2D eigenvalue weighted by atomic mass is 9.76. The van der Waals surface area contributed by atoms with Crippen LogP contribution in [0.4, 0.5) is 0 Å². The second-order valence-electron chi connectivity index (χ2n) is 8.15. The number of aliphatic carboxylic acids is 2. The number of ether oxygens (including phenoxy) is 2. The van der Waals surface area contributed by atoms with Gasteiger partial charge in [-0.2, -0.15) is 0 Å². The van der Waals surface area contributed by atoms with Gasteiger partial charge in [0.2, 0.25) is 5.91 Å². The van der Waals surface area contributed by atoms with Crippen LogP contribution in [-0.4, -0.2) is 61.0 Å². The number of hydrogen-bond acceptors (Lipinski definition) is 5. The van der Waals surface area contributed by atoms with Gasteiger partial charge in [-0.25, -0.2) is 0 Å². The van der Waals surface area contributed by atoms with Crippen molar-refractivity contribution in [1.29, 1.82) is 0 Å². The molecular formula is C20H33NO7. The standard InChI is InChI=1S/C20H33NO7/c1-27-10-11-28-13-15(18(24)25)12-20(8-2-3-9-20)19(26)21-16-6-4-14(5-7-16)17(22)23/h14-16H,2-13H2,1H3,(H,21,26)(H,22,23)(H,24,25)/t14?,15-,16?/m0/s1. The third-order valence-corrected chi connectivity index (χ3v) is 6.19. The number of carboxylic acid groups (broad SMARTS) is 2. The summed E-state index contributed by atoms with van der Waals surface area (Å²) >= 11 is 0. The van der Waals surface area contributed by atoms with Gasteiger partial charge in [-0.05, 0) is 44.9 Å². The maximum Gasteiger partial charge on any atom is 0.308 e. The first-order valence-corrected chi connectivity index (χ1v) is 10.2. The molecule has 2 aliphatic rings. The quantitative estimate of drug-likeness (QED) is 0.455. The zero-order valence-electron chi connectivity index (χ0n) is 16.7. The molecular weight excluding hydrogens is 366 g/mol. The maximum absolute atomic E-state index is 13.1. The third kappa shape index (κ3) is 6.17.